The number of nitrogens with one attached hydrogen (secondary N) is 2. The second-order valence-electron chi connectivity index (χ2n) is 8.58. The van der Waals surface area contributed by atoms with Crippen LogP contribution in [-0.4, -0.2) is 51.3 Å². The number of piperazine rings is 1. The number of pyridine rings is 1. The van der Waals surface area contributed by atoms with Gasteiger partial charge in [0.05, 0.1) is 21.7 Å². The zero-order valence-corrected chi connectivity index (χ0v) is 17.8. The van der Waals surface area contributed by atoms with Gasteiger partial charge >= 0.3 is 0 Å². The van der Waals surface area contributed by atoms with Crippen LogP contribution >= 0.6 is 11.3 Å². The van der Waals surface area contributed by atoms with Gasteiger partial charge in [-0.15, -0.1) is 11.3 Å². The van der Waals surface area contributed by atoms with E-state index < -0.39 is 5.60 Å². The van der Waals surface area contributed by atoms with Crippen LogP contribution in [0.2, 0.25) is 0 Å². The number of fused-ring (bicyclic) bond motifs is 2. The molecule has 1 unspecified atom stereocenters. The van der Waals surface area contributed by atoms with Gasteiger partial charge in [-0.2, -0.15) is 0 Å². The van der Waals surface area contributed by atoms with Crippen LogP contribution in [0.15, 0.2) is 18.3 Å². The van der Waals surface area contributed by atoms with Crippen LogP contribution < -0.4 is 21.2 Å². The van der Waals surface area contributed by atoms with Gasteiger partial charge < -0.3 is 20.6 Å². The molecule has 4 rings (SSSR count). The maximum Gasteiger partial charge on any atom is 0.124 e. The Bertz CT molecular complexity index is 975. The van der Waals surface area contributed by atoms with Crippen molar-refractivity contribution < 1.29 is 5.11 Å². The number of aromatic nitrogens is 2. The van der Waals surface area contributed by atoms with Gasteiger partial charge in [0, 0.05) is 49.2 Å². The minimum Gasteiger partial charge on any atom is -0.390 e. The molecule has 1 saturated heterocycles. The molecule has 28 heavy (non-hydrogen) atoms. The van der Waals surface area contributed by atoms with Crippen molar-refractivity contribution in [3.8, 4) is 0 Å². The SMILES string of the molecule is CC(C)c1nc2c(s1)NC=c1cccnc1=C2N1CCNC(CC(C)(C)O)C1. The van der Waals surface area contributed by atoms with Gasteiger partial charge in [-0.05, 0) is 32.4 Å². The van der Waals surface area contributed by atoms with Crippen LogP contribution in [0, 0.1) is 0 Å². The van der Waals surface area contributed by atoms with E-state index in [-0.39, 0.29) is 6.04 Å². The molecule has 4 heterocycles. The first-order valence-electron chi connectivity index (χ1n) is 9.96. The quantitative estimate of drug-likeness (QED) is 0.722. The number of rotatable bonds is 4. The highest BCUT2D eigenvalue weighted by molar-refractivity contribution is 7.16. The zero-order valence-electron chi connectivity index (χ0n) is 17.0. The van der Waals surface area contributed by atoms with Crippen LogP contribution in [0.1, 0.15) is 50.7 Å². The standard InChI is InChI=1S/C21H29N5OS/c1-13(2)19-25-17-18(26-9-8-22-15(12-26)10-21(3,4)27)16-14(6-5-7-23-16)11-24-20(17)28-19/h5-7,11,13,15,22,24,27H,8-10,12H2,1-4H3. The molecule has 2 aromatic heterocycles. The Hall–Kier alpha value is -1.96. The maximum atomic E-state index is 10.3. The van der Waals surface area contributed by atoms with Crippen molar-refractivity contribution in [2.24, 2.45) is 0 Å². The lowest BCUT2D eigenvalue weighted by molar-refractivity contribution is 0.0517. The van der Waals surface area contributed by atoms with Crippen molar-refractivity contribution >= 4 is 28.2 Å². The minimum atomic E-state index is -0.698. The summed E-state index contributed by atoms with van der Waals surface area (Å²) >= 11 is 1.72. The number of hydrogen-bond acceptors (Lipinski definition) is 7. The largest absolute Gasteiger partial charge is 0.390 e. The first-order valence-corrected chi connectivity index (χ1v) is 10.8. The second-order valence-corrected chi connectivity index (χ2v) is 9.61. The van der Waals surface area contributed by atoms with E-state index in [1.54, 1.807) is 11.3 Å². The molecule has 2 aliphatic heterocycles. The average Bonchev–Trinajstić information content (AvgIpc) is 2.98. The van der Waals surface area contributed by atoms with Crippen LogP contribution in [0.3, 0.4) is 0 Å². The summed E-state index contributed by atoms with van der Waals surface area (Å²) in [6.07, 6.45) is 4.59. The summed E-state index contributed by atoms with van der Waals surface area (Å²) in [5.74, 6) is 0.383. The molecule has 0 spiro atoms. The smallest absolute Gasteiger partial charge is 0.124 e. The summed E-state index contributed by atoms with van der Waals surface area (Å²) < 4.78 is 0. The maximum absolute atomic E-state index is 10.3. The Labute approximate surface area is 170 Å². The van der Waals surface area contributed by atoms with Crippen LogP contribution in [0.25, 0.3) is 11.9 Å². The molecule has 0 bridgehead atoms. The van der Waals surface area contributed by atoms with Crippen molar-refractivity contribution in [2.45, 2.75) is 51.7 Å². The molecule has 150 valence electrons. The molecule has 0 saturated carbocycles. The first kappa shape index (κ1) is 19.4. The molecule has 7 heteroatoms. The van der Waals surface area contributed by atoms with Crippen molar-refractivity contribution in [2.75, 3.05) is 25.0 Å². The third-order valence-corrected chi connectivity index (χ3v) is 6.39. The summed E-state index contributed by atoms with van der Waals surface area (Å²) in [7, 11) is 0. The van der Waals surface area contributed by atoms with Crippen LogP contribution in [0.4, 0.5) is 5.00 Å². The highest BCUT2D eigenvalue weighted by atomic mass is 32.1. The fourth-order valence-electron chi connectivity index (χ4n) is 3.90. The van der Waals surface area contributed by atoms with E-state index in [9.17, 15) is 5.11 Å². The number of nitrogens with zero attached hydrogens (tertiary/aromatic N) is 3. The van der Waals surface area contributed by atoms with Crippen molar-refractivity contribution in [3.05, 3.63) is 39.6 Å². The number of hydrogen-bond donors (Lipinski definition) is 3. The van der Waals surface area contributed by atoms with Gasteiger partial charge in [0.25, 0.3) is 0 Å². The van der Waals surface area contributed by atoms with E-state index >= 15 is 0 Å². The molecular formula is C21H29N5OS. The number of anilines is 1. The van der Waals surface area contributed by atoms with Gasteiger partial charge in [0.2, 0.25) is 0 Å². The third kappa shape index (κ3) is 3.92. The van der Waals surface area contributed by atoms with Crippen LogP contribution in [-0.2, 0) is 0 Å². The lowest BCUT2D eigenvalue weighted by atomic mass is 9.97. The Balaban J connectivity index is 1.82. The molecule has 1 fully saturated rings. The third-order valence-electron chi connectivity index (χ3n) is 5.10. The van der Waals surface area contributed by atoms with E-state index in [4.69, 9.17) is 9.97 Å². The molecular weight excluding hydrogens is 370 g/mol. The lowest BCUT2D eigenvalue weighted by Gasteiger charge is -2.38. The number of thiazole rings is 1. The fraction of sp³-hybridized carbons (Fsp3) is 0.524. The topological polar surface area (TPSA) is 73.3 Å². The summed E-state index contributed by atoms with van der Waals surface area (Å²) in [5.41, 5.74) is 1.39. The average molecular weight is 400 g/mol. The molecule has 2 aliphatic rings. The van der Waals surface area contributed by atoms with E-state index in [1.165, 1.54) is 0 Å². The summed E-state index contributed by atoms with van der Waals surface area (Å²) in [5, 5.41) is 21.6. The predicted octanol–water partition coefficient (Wildman–Crippen LogP) is 1.42. The predicted molar refractivity (Wildman–Crippen MR) is 115 cm³/mol. The van der Waals surface area contributed by atoms with Gasteiger partial charge in [-0.25, -0.2) is 4.98 Å². The molecule has 2 aromatic rings. The van der Waals surface area contributed by atoms with Gasteiger partial charge in [0.1, 0.15) is 10.7 Å². The number of aliphatic hydroxyl groups is 1. The molecule has 0 radical (unpaired) electrons. The highest BCUT2D eigenvalue weighted by Crippen LogP contribution is 2.35. The van der Waals surface area contributed by atoms with E-state index in [0.29, 0.717) is 12.3 Å². The molecule has 1 atom stereocenters. The fourth-order valence-corrected chi connectivity index (χ4v) is 4.84. The Morgan fingerprint density at radius 2 is 2.21 bits per heavy atom. The highest BCUT2D eigenvalue weighted by Gasteiger charge is 2.30. The normalized spacial score (nSPS) is 19.6. The second kappa shape index (κ2) is 7.46. The Kier molecular flexibility index (Phi) is 5.16. The summed E-state index contributed by atoms with van der Waals surface area (Å²) in [6, 6.07) is 4.28. The van der Waals surface area contributed by atoms with Gasteiger partial charge in [-0.1, -0.05) is 13.8 Å². The molecule has 3 N–H and O–H groups in total. The van der Waals surface area contributed by atoms with E-state index in [0.717, 1.165) is 51.6 Å². The summed E-state index contributed by atoms with van der Waals surface area (Å²) in [6.45, 7) is 10.7. The van der Waals surface area contributed by atoms with Gasteiger partial charge in [-0.3, -0.25) is 4.98 Å². The lowest BCUT2D eigenvalue weighted by Crippen LogP contribution is -2.53. The van der Waals surface area contributed by atoms with Crippen molar-refractivity contribution in [1.29, 1.82) is 0 Å². The summed E-state index contributed by atoms with van der Waals surface area (Å²) in [4.78, 5) is 12.1. The molecule has 0 aliphatic carbocycles. The van der Waals surface area contributed by atoms with Gasteiger partial charge in [0.15, 0.2) is 0 Å². The Morgan fingerprint density at radius 1 is 1.39 bits per heavy atom. The molecule has 6 nitrogen and oxygen atoms in total. The monoisotopic (exact) mass is 399 g/mol. The van der Waals surface area contributed by atoms with E-state index in [1.807, 2.05) is 32.3 Å². The first-order chi connectivity index (χ1) is 13.3. The van der Waals surface area contributed by atoms with Crippen molar-refractivity contribution in [1.82, 2.24) is 20.2 Å². The van der Waals surface area contributed by atoms with Crippen molar-refractivity contribution in [3.63, 3.8) is 0 Å². The minimum absolute atomic E-state index is 0.222. The molecule has 0 aromatic carbocycles. The molecule has 0 amide bonds. The zero-order chi connectivity index (χ0) is 19.9. The Morgan fingerprint density at radius 3 is 2.96 bits per heavy atom. The van der Waals surface area contributed by atoms with Crippen LogP contribution in [0.5, 0.6) is 0 Å². The van der Waals surface area contributed by atoms with E-state index in [2.05, 4.69) is 35.4 Å².